The Kier molecular flexibility index (Phi) is 26.3. The van der Waals surface area contributed by atoms with E-state index in [9.17, 15) is 19.2 Å². The number of aliphatic hydroxyl groups excluding tert-OH is 6. The average Bonchev–Trinajstić information content (AvgIpc) is 2.54. The Balaban J connectivity index is -0.000000111. The largest absolute Gasteiger partial charge is 0.476 e. The number of rotatable bonds is 6. The lowest BCUT2D eigenvalue weighted by molar-refractivity contribution is -0.148. The maximum absolute atomic E-state index is 9.54. The summed E-state index contributed by atoms with van der Waals surface area (Å²) >= 11 is 0. The number of Topliss-reactive ketones (excluding diaryl/α,β-unsaturated/α-hetero) is 2. The lowest BCUT2D eigenvalue weighted by Gasteiger charge is -1.96. The highest BCUT2D eigenvalue weighted by Gasteiger charge is 1.99. The number of ketones is 2. The molecule has 0 radical (unpaired) electrons. The predicted molar refractivity (Wildman–Crippen MR) is 77.0 cm³/mol. The predicted octanol–water partition coefficient (Wildman–Crippen LogP) is -4.02. The Bertz CT molecular complexity index is 288. The zero-order valence-corrected chi connectivity index (χ0v) is 13.2. The lowest BCUT2D eigenvalue weighted by atomic mass is 10.4. The molecule has 0 rings (SSSR count). The SMILES string of the molecule is CC(=O)C(=O)O.CC(=O)C(=O)O.OCC(O)CO.OCC(O)CO. The second kappa shape index (κ2) is 21.0. The molecule has 0 unspecified atom stereocenters. The number of carboxylic acids is 2. The van der Waals surface area contributed by atoms with Crippen LogP contribution in [0.5, 0.6) is 0 Å². The maximum Gasteiger partial charge on any atom is 0.371 e. The third kappa shape index (κ3) is 36.9. The number of aliphatic carboxylic acids is 2. The van der Waals surface area contributed by atoms with Crippen LogP contribution in [0.4, 0.5) is 0 Å². The van der Waals surface area contributed by atoms with Gasteiger partial charge < -0.3 is 40.9 Å². The van der Waals surface area contributed by atoms with E-state index in [1.807, 2.05) is 0 Å². The number of hydrogen-bond donors (Lipinski definition) is 8. The van der Waals surface area contributed by atoms with Crippen molar-refractivity contribution < 1.29 is 60.0 Å². The van der Waals surface area contributed by atoms with Gasteiger partial charge in [-0.05, 0) is 0 Å². The van der Waals surface area contributed by atoms with E-state index in [4.69, 9.17) is 40.9 Å². The Morgan fingerprint density at radius 2 is 0.750 bits per heavy atom. The molecule has 0 aliphatic heterocycles. The molecule has 12 heteroatoms. The third-order valence-electron chi connectivity index (χ3n) is 1.45. The molecule has 0 aliphatic carbocycles. The molecular weight excluding hydrogens is 336 g/mol. The Morgan fingerprint density at radius 1 is 0.625 bits per heavy atom. The average molecular weight is 360 g/mol. The van der Waals surface area contributed by atoms with Crippen LogP contribution in [0.15, 0.2) is 0 Å². The number of hydrogen-bond acceptors (Lipinski definition) is 10. The molecule has 0 aliphatic rings. The summed E-state index contributed by atoms with van der Waals surface area (Å²) in [5.41, 5.74) is 0. The highest BCUT2D eigenvalue weighted by molar-refractivity contribution is 6.31. The molecule has 8 N–H and O–H groups in total. The van der Waals surface area contributed by atoms with Gasteiger partial charge in [0, 0.05) is 13.8 Å². The van der Waals surface area contributed by atoms with Gasteiger partial charge in [-0.3, -0.25) is 9.59 Å². The van der Waals surface area contributed by atoms with E-state index < -0.39 is 35.7 Å². The van der Waals surface area contributed by atoms with E-state index in [0.29, 0.717) is 0 Å². The van der Waals surface area contributed by atoms with Crippen molar-refractivity contribution in [3.8, 4) is 0 Å². The number of carbonyl (C=O) groups is 4. The number of carboxylic acid groups (broad SMARTS) is 2. The van der Waals surface area contributed by atoms with Crippen LogP contribution in [0.2, 0.25) is 0 Å². The van der Waals surface area contributed by atoms with Crippen LogP contribution in [0.25, 0.3) is 0 Å². The first-order valence-electron chi connectivity index (χ1n) is 6.18. The smallest absolute Gasteiger partial charge is 0.371 e. The molecule has 0 aromatic carbocycles. The molecule has 144 valence electrons. The Morgan fingerprint density at radius 3 is 0.750 bits per heavy atom. The summed E-state index contributed by atoms with van der Waals surface area (Å²) in [7, 11) is 0. The molecule has 0 fully saturated rings. The standard InChI is InChI=1S/2C3H8O3.2C3H4O3/c2*4-1-3(6)2-5;2*1-2(4)3(5)6/h2*3-6H,1-2H2;2*1H3,(H,5,6). The van der Waals surface area contributed by atoms with Crippen molar-refractivity contribution in [2.24, 2.45) is 0 Å². The van der Waals surface area contributed by atoms with Gasteiger partial charge in [0.15, 0.2) is 0 Å². The zero-order valence-electron chi connectivity index (χ0n) is 13.2. The second-order valence-corrected chi connectivity index (χ2v) is 3.76. The number of carbonyl (C=O) groups excluding carboxylic acids is 2. The van der Waals surface area contributed by atoms with Crippen LogP contribution in [0.1, 0.15) is 13.8 Å². The third-order valence-corrected chi connectivity index (χ3v) is 1.45. The van der Waals surface area contributed by atoms with Crippen molar-refractivity contribution in [1.29, 1.82) is 0 Å². The minimum Gasteiger partial charge on any atom is -0.476 e. The first-order chi connectivity index (χ1) is 10.9. The van der Waals surface area contributed by atoms with E-state index >= 15 is 0 Å². The van der Waals surface area contributed by atoms with E-state index in [1.165, 1.54) is 0 Å². The molecule has 0 amide bonds. The monoisotopic (exact) mass is 360 g/mol. The van der Waals surface area contributed by atoms with E-state index in [-0.39, 0.29) is 26.4 Å². The van der Waals surface area contributed by atoms with Crippen LogP contribution in [-0.2, 0) is 19.2 Å². The van der Waals surface area contributed by atoms with Crippen LogP contribution in [-0.4, -0.2) is 103 Å². The zero-order chi connectivity index (χ0) is 20.3. The summed E-state index contributed by atoms with van der Waals surface area (Å²) in [6.07, 6.45) is -1.91. The first-order valence-corrected chi connectivity index (χ1v) is 6.18. The van der Waals surface area contributed by atoms with Gasteiger partial charge in [-0.15, -0.1) is 0 Å². The molecule has 12 nitrogen and oxygen atoms in total. The molecule has 0 saturated carbocycles. The van der Waals surface area contributed by atoms with Crippen molar-refractivity contribution in [3.63, 3.8) is 0 Å². The van der Waals surface area contributed by atoms with Gasteiger partial charge in [-0.2, -0.15) is 0 Å². The van der Waals surface area contributed by atoms with E-state index in [1.54, 1.807) is 0 Å². The Labute approximate surface area is 137 Å². The lowest BCUT2D eigenvalue weighted by Crippen LogP contribution is -2.15. The van der Waals surface area contributed by atoms with Crippen LogP contribution >= 0.6 is 0 Å². The van der Waals surface area contributed by atoms with Gasteiger partial charge in [-0.1, -0.05) is 0 Å². The van der Waals surface area contributed by atoms with Crippen LogP contribution in [0, 0.1) is 0 Å². The normalized spacial score (nSPS) is 8.75. The van der Waals surface area contributed by atoms with E-state index in [0.717, 1.165) is 13.8 Å². The molecule has 0 aromatic heterocycles. The molecule has 0 bridgehead atoms. The summed E-state index contributed by atoms with van der Waals surface area (Å²) in [6, 6.07) is 0. The van der Waals surface area contributed by atoms with Gasteiger partial charge in [0.1, 0.15) is 12.2 Å². The summed E-state index contributed by atoms with van der Waals surface area (Å²) in [5.74, 6) is -4.41. The fourth-order valence-corrected chi connectivity index (χ4v) is 0.115. The quantitative estimate of drug-likeness (QED) is 0.212. The molecule has 0 atom stereocenters. The molecular formula is C12H24O12. The highest BCUT2D eigenvalue weighted by Crippen LogP contribution is 1.72. The van der Waals surface area contributed by atoms with Gasteiger partial charge in [0.2, 0.25) is 11.6 Å². The summed E-state index contributed by atoms with van der Waals surface area (Å²) in [4.78, 5) is 37.8. The van der Waals surface area contributed by atoms with Crippen molar-refractivity contribution >= 4 is 23.5 Å². The summed E-state index contributed by atoms with van der Waals surface area (Å²) in [6.45, 7) is 0.546. The van der Waals surface area contributed by atoms with Crippen LogP contribution in [0.3, 0.4) is 0 Å². The maximum atomic E-state index is 9.54. The van der Waals surface area contributed by atoms with Gasteiger partial charge in [0.25, 0.3) is 0 Å². The van der Waals surface area contributed by atoms with Crippen LogP contribution < -0.4 is 0 Å². The molecule has 24 heavy (non-hydrogen) atoms. The molecule has 0 spiro atoms. The topological polar surface area (TPSA) is 230 Å². The minimum absolute atomic E-state index is 0.365. The first kappa shape index (κ1) is 30.0. The molecule has 0 heterocycles. The Hall–Kier alpha value is -1.96. The van der Waals surface area contributed by atoms with Gasteiger partial charge >= 0.3 is 11.9 Å². The van der Waals surface area contributed by atoms with Gasteiger partial charge in [-0.25, -0.2) is 9.59 Å². The molecule has 0 aromatic rings. The van der Waals surface area contributed by atoms with Crippen molar-refractivity contribution in [1.82, 2.24) is 0 Å². The fraction of sp³-hybridized carbons (Fsp3) is 0.667. The number of aliphatic hydroxyl groups is 6. The fourth-order valence-electron chi connectivity index (χ4n) is 0.115. The minimum atomic E-state index is -1.38. The molecule has 0 saturated heterocycles. The summed E-state index contributed by atoms with van der Waals surface area (Å²) < 4.78 is 0. The van der Waals surface area contributed by atoms with Crippen molar-refractivity contribution in [2.75, 3.05) is 26.4 Å². The second-order valence-electron chi connectivity index (χ2n) is 3.76. The highest BCUT2D eigenvalue weighted by atomic mass is 16.4. The summed E-state index contributed by atoms with van der Waals surface area (Å²) in [5, 5.41) is 63.3. The van der Waals surface area contributed by atoms with Gasteiger partial charge in [0.05, 0.1) is 26.4 Å². The van der Waals surface area contributed by atoms with Crippen molar-refractivity contribution in [3.05, 3.63) is 0 Å². The van der Waals surface area contributed by atoms with Crippen molar-refractivity contribution in [2.45, 2.75) is 26.1 Å². The van der Waals surface area contributed by atoms with E-state index in [2.05, 4.69) is 0 Å².